The number of ether oxygens (including phenoxy) is 1. The molecule has 11 heteroatoms. The van der Waals surface area contributed by atoms with Crippen molar-refractivity contribution in [1.29, 1.82) is 5.26 Å². The summed E-state index contributed by atoms with van der Waals surface area (Å²) in [5.74, 6) is -1.88. The number of alkyl halides is 4. The number of benzene rings is 2. The lowest BCUT2D eigenvalue weighted by Crippen LogP contribution is -2.28. The quantitative estimate of drug-likeness (QED) is 0.784. The Bertz CT molecular complexity index is 1080. The van der Waals surface area contributed by atoms with Crippen molar-refractivity contribution in [2.45, 2.75) is 22.7 Å². The number of fused-ring (bicyclic) bond motifs is 1. The van der Waals surface area contributed by atoms with Crippen LogP contribution in [0, 0.1) is 17.1 Å². The molecule has 0 spiro atoms. The molecule has 1 heterocycles. The third-order valence-corrected chi connectivity index (χ3v) is 5.83. The van der Waals surface area contributed by atoms with Crippen molar-refractivity contribution < 1.29 is 40.2 Å². The normalized spacial score (nSPS) is 19.6. The van der Waals surface area contributed by atoms with Gasteiger partial charge in [0.25, 0.3) is 6.43 Å². The molecule has 142 valence electrons. The minimum Gasteiger partial charge on any atom is -0.457 e. The minimum absolute atomic E-state index is 0.267. The molecule has 0 saturated heterocycles. The van der Waals surface area contributed by atoms with Crippen LogP contribution >= 0.6 is 0 Å². The van der Waals surface area contributed by atoms with Gasteiger partial charge in [0.15, 0.2) is 6.10 Å². The van der Waals surface area contributed by atoms with Gasteiger partial charge in [0, 0.05) is 11.6 Å². The molecule has 5 nitrogen and oxygen atoms in total. The summed E-state index contributed by atoms with van der Waals surface area (Å²) in [5, 5.41) is 13.8. The van der Waals surface area contributed by atoms with Crippen LogP contribution in [0.5, 0.6) is 11.5 Å². The number of halogens is 5. The third-order valence-electron chi connectivity index (χ3n) is 3.95. The maximum Gasteiger partial charge on any atom is 0.379 e. The summed E-state index contributed by atoms with van der Waals surface area (Å²) in [7, 11) is -5.36. The van der Waals surface area contributed by atoms with E-state index in [9.17, 15) is 35.5 Å². The van der Waals surface area contributed by atoms with Gasteiger partial charge in [-0.1, -0.05) is 0 Å². The Morgan fingerprint density at radius 2 is 1.89 bits per heavy atom. The van der Waals surface area contributed by atoms with Crippen LogP contribution in [0.2, 0.25) is 0 Å². The smallest absolute Gasteiger partial charge is 0.379 e. The van der Waals surface area contributed by atoms with E-state index >= 15 is 0 Å². The van der Waals surface area contributed by atoms with Gasteiger partial charge in [0.2, 0.25) is 9.84 Å². The molecule has 0 fully saturated rings. The summed E-state index contributed by atoms with van der Waals surface area (Å²) in [6.45, 7) is 0. The number of sulfone groups is 1. The molecule has 1 N–H and O–H groups in total. The number of hydrogen-bond donors (Lipinski definition) is 1. The van der Waals surface area contributed by atoms with Gasteiger partial charge >= 0.3 is 5.25 Å². The highest BCUT2D eigenvalue weighted by Gasteiger charge is 2.61. The number of nitriles is 1. The SMILES string of the molecule is N#Cc1cc(Oc2ccc3c(c2C(F)F)C(O)C(F)(F)S3(=O)=O)ccc1F. The predicted molar refractivity (Wildman–Crippen MR) is 79.7 cm³/mol. The largest absolute Gasteiger partial charge is 0.457 e. The molecule has 1 atom stereocenters. The molecule has 0 aromatic heterocycles. The lowest BCUT2D eigenvalue weighted by atomic mass is 10.0. The van der Waals surface area contributed by atoms with E-state index in [4.69, 9.17) is 10.00 Å². The first kappa shape index (κ1) is 19.1. The monoisotopic (exact) mass is 405 g/mol. The number of nitrogens with zero attached hydrogens (tertiary/aromatic N) is 1. The lowest BCUT2D eigenvalue weighted by molar-refractivity contribution is -0.0391. The van der Waals surface area contributed by atoms with Crippen molar-refractivity contribution in [3.63, 3.8) is 0 Å². The van der Waals surface area contributed by atoms with Crippen LogP contribution in [0.25, 0.3) is 0 Å². The van der Waals surface area contributed by atoms with Gasteiger partial charge in [0.1, 0.15) is 23.4 Å². The molecule has 0 aliphatic carbocycles. The lowest BCUT2D eigenvalue weighted by Gasteiger charge is -2.16. The Labute approximate surface area is 149 Å². The number of hydrogen-bond acceptors (Lipinski definition) is 5. The highest BCUT2D eigenvalue weighted by Crippen LogP contribution is 2.53. The average molecular weight is 405 g/mol. The molecule has 27 heavy (non-hydrogen) atoms. The standard InChI is InChI=1S/C16H8F5NO4S/c17-9-2-1-8(5-7(9)6-22)26-10-3-4-11-13(12(10)15(18)19)14(23)16(20,21)27(11,24)25/h1-5,14-15,23H. The van der Waals surface area contributed by atoms with Crippen LogP contribution in [0.15, 0.2) is 35.2 Å². The van der Waals surface area contributed by atoms with Crippen LogP contribution < -0.4 is 4.74 Å². The minimum atomic E-state index is -5.36. The van der Waals surface area contributed by atoms with E-state index in [1.54, 1.807) is 0 Å². The van der Waals surface area contributed by atoms with Crippen LogP contribution in [-0.2, 0) is 9.84 Å². The van der Waals surface area contributed by atoms with Crippen LogP contribution in [0.4, 0.5) is 22.0 Å². The fraction of sp³-hybridized carbons (Fsp3) is 0.188. The van der Waals surface area contributed by atoms with E-state index in [0.717, 1.165) is 24.3 Å². The Morgan fingerprint density at radius 3 is 2.48 bits per heavy atom. The molecule has 3 rings (SSSR count). The molecule has 2 aromatic carbocycles. The average Bonchev–Trinajstić information content (AvgIpc) is 2.73. The Hall–Kier alpha value is -2.71. The summed E-state index contributed by atoms with van der Waals surface area (Å²) >= 11 is 0. The molecule has 1 unspecified atom stereocenters. The van der Waals surface area contributed by atoms with Crippen molar-refractivity contribution in [3.8, 4) is 17.6 Å². The molecule has 0 saturated carbocycles. The second-order valence-corrected chi connectivity index (χ2v) is 7.50. The van der Waals surface area contributed by atoms with Gasteiger partial charge in [-0.3, -0.25) is 0 Å². The highest BCUT2D eigenvalue weighted by molar-refractivity contribution is 7.92. The van der Waals surface area contributed by atoms with Gasteiger partial charge in [-0.2, -0.15) is 14.0 Å². The van der Waals surface area contributed by atoms with Gasteiger partial charge in [0.05, 0.1) is 16.0 Å². The van der Waals surface area contributed by atoms with Crippen LogP contribution in [-0.4, -0.2) is 18.8 Å². The van der Waals surface area contributed by atoms with Crippen molar-refractivity contribution in [2.75, 3.05) is 0 Å². The first-order chi connectivity index (χ1) is 12.5. The van der Waals surface area contributed by atoms with Crippen molar-refractivity contribution in [1.82, 2.24) is 0 Å². The van der Waals surface area contributed by atoms with E-state index in [1.807, 2.05) is 0 Å². The molecule has 2 aromatic rings. The topological polar surface area (TPSA) is 87.4 Å². The number of aliphatic hydroxyl groups is 1. The second kappa shape index (κ2) is 6.17. The first-order valence-electron chi connectivity index (χ1n) is 7.15. The molecular formula is C16H8F5NO4S. The maximum absolute atomic E-state index is 13.9. The highest BCUT2D eigenvalue weighted by atomic mass is 32.2. The summed E-state index contributed by atoms with van der Waals surface area (Å²) in [6.07, 6.45) is -6.47. The van der Waals surface area contributed by atoms with Gasteiger partial charge < -0.3 is 9.84 Å². The zero-order chi connectivity index (χ0) is 20.1. The van der Waals surface area contributed by atoms with Crippen LogP contribution in [0.1, 0.15) is 29.2 Å². The maximum atomic E-state index is 13.9. The zero-order valence-electron chi connectivity index (χ0n) is 13.0. The number of rotatable bonds is 3. The summed E-state index contributed by atoms with van der Waals surface area (Å²) in [5.41, 5.74) is -2.85. The molecular weight excluding hydrogens is 397 g/mol. The molecule has 1 aliphatic heterocycles. The molecule has 0 radical (unpaired) electrons. The summed E-state index contributed by atoms with van der Waals surface area (Å²) in [4.78, 5) is -1.13. The third kappa shape index (κ3) is 2.72. The van der Waals surface area contributed by atoms with E-state index in [0.29, 0.717) is 6.07 Å². The van der Waals surface area contributed by atoms with E-state index < -0.39 is 60.8 Å². The fourth-order valence-corrected chi connectivity index (χ4v) is 4.13. The van der Waals surface area contributed by atoms with Gasteiger partial charge in [-0.15, -0.1) is 0 Å². The van der Waals surface area contributed by atoms with E-state index in [2.05, 4.69) is 0 Å². The van der Waals surface area contributed by atoms with Gasteiger partial charge in [-0.05, 0) is 24.3 Å². The molecule has 1 aliphatic rings. The fourth-order valence-electron chi connectivity index (χ4n) is 2.67. The Morgan fingerprint density at radius 1 is 1.22 bits per heavy atom. The molecule has 0 bridgehead atoms. The molecule has 0 amide bonds. The first-order valence-corrected chi connectivity index (χ1v) is 8.63. The van der Waals surface area contributed by atoms with E-state index in [1.165, 1.54) is 6.07 Å². The Kier molecular flexibility index (Phi) is 4.36. The van der Waals surface area contributed by atoms with Crippen molar-refractivity contribution in [3.05, 3.63) is 52.8 Å². The predicted octanol–water partition coefficient (Wildman–Crippen LogP) is 3.84. The van der Waals surface area contributed by atoms with Gasteiger partial charge in [-0.25, -0.2) is 21.6 Å². The van der Waals surface area contributed by atoms with Crippen molar-refractivity contribution >= 4 is 9.84 Å². The van der Waals surface area contributed by atoms with Crippen molar-refractivity contribution in [2.24, 2.45) is 0 Å². The number of aliphatic hydroxyl groups excluding tert-OH is 1. The Balaban J connectivity index is 2.18. The second-order valence-electron chi connectivity index (χ2n) is 5.51. The summed E-state index contributed by atoms with van der Waals surface area (Å²) in [6, 6.07) is 5.57. The zero-order valence-corrected chi connectivity index (χ0v) is 13.8. The van der Waals surface area contributed by atoms with Crippen LogP contribution in [0.3, 0.4) is 0 Å². The van der Waals surface area contributed by atoms with E-state index in [-0.39, 0.29) is 5.75 Å². The summed E-state index contributed by atoms with van der Waals surface area (Å²) < 4.78 is 96.8.